The highest BCUT2D eigenvalue weighted by Gasteiger charge is 2.42. The fourth-order valence-corrected chi connectivity index (χ4v) is 1.69. The van der Waals surface area contributed by atoms with Crippen LogP contribution in [0.3, 0.4) is 0 Å². The van der Waals surface area contributed by atoms with E-state index in [1.54, 1.807) is 0 Å². The van der Waals surface area contributed by atoms with Crippen LogP contribution in [0.2, 0.25) is 0 Å². The third-order valence-corrected chi connectivity index (χ3v) is 2.77. The zero-order valence-corrected chi connectivity index (χ0v) is 11.6. The molecule has 0 rings (SSSR count). The summed E-state index contributed by atoms with van der Waals surface area (Å²) in [4.78, 5) is 11.3. The molecule has 20 heavy (non-hydrogen) atoms. The first-order chi connectivity index (χ1) is 9.43. The Bertz CT molecular complexity index is 262. The van der Waals surface area contributed by atoms with Gasteiger partial charge in [0.15, 0.2) is 0 Å². The van der Waals surface area contributed by atoms with E-state index in [4.69, 9.17) is 11.5 Å². The van der Waals surface area contributed by atoms with Crippen LogP contribution in [0.5, 0.6) is 0 Å². The highest BCUT2D eigenvalue weighted by atomic mass is 19.4. The van der Waals surface area contributed by atoms with Crippen molar-refractivity contribution in [2.45, 2.75) is 37.9 Å². The van der Waals surface area contributed by atoms with Crippen LogP contribution in [0, 0.1) is 0 Å². The molecule has 0 bridgehead atoms. The van der Waals surface area contributed by atoms with E-state index in [0.717, 1.165) is 13.0 Å². The van der Waals surface area contributed by atoms with Gasteiger partial charge in [0.2, 0.25) is 0 Å². The Morgan fingerprint density at radius 3 is 2.10 bits per heavy atom. The van der Waals surface area contributed by atoms with Gasteiger partial charge in [0, 0.05) is 0 Å². The van der Waals surface area contributed by atoms with E-state index in [9.17, 15) is 18.0 Å². The van der Waals surface area contributed by atoms with Crippen LogP contribution in [0.1, 0.15) is 25.7 Å². The van der Waals surface area contributed by atoms with E-state index in [1.165, 1.54) is 0 Å². The molecule has 0 aromatic rings. The van der Waals surface area contributed by atoms with Crippen molar-refractivity contribution in [1.29, 1.82) is 0 Å². The Hall–Kier alpha value is -0.700. The van der Waals surface area contributed by atoms with Gasteiger partial charge in [-0.2, -0.15) is 13.2 Å². The molecule has 1 atom stereocenters. The summed E-state index contributed by atoms with van der Waals surface area (Å²) in [5.74, 6) is -1.71. The Balaban J connectivity index is 4.08. The van der Waals surface area contributed by atoms with Gasteiger partial charge < -0.3 is 22.1 Å². The Morgan fingerprint density at radius 2 is 1.55 bits per heavy atom. The van der Waals surface area contributed by atoms with Gasteiger partial charge in [0.25, 0.3) is 5.78 Å². The van der Waals surface area contributed by atoms with E-state index < -0.39 is 18.0 Å². The van der Waals surface area contributed by atoms with E-state index in [2.05, 4.69) is 10.6 Å². The van der Waals surface area contributed by atoms with E-state index in [0.29, 0.717) is 39.0 Å². The molecular weight excluding hydrogens is 273 g/mol. The molecule has 0 heterocycles. The van der Waals surface area contributed by atoms with Crippen molar-refractivity contribution < 1.29 is 18.0 Å². The molecule has 1 unspecified atom stereocenters. The number of Topliss-reactive ketones (excluding diaryl/α,β-unsaturated/α-hetero) is 1. The Kier molecular flexibility index (Phi) is 10.6. The van der Waals surface area contributed by atoms with Gasteiger partial charge in [-0.05, 0) is 58.4 Å². The lowest BCUT2D eigenvalue weighted by atomic mass is 10.1. The predicted molar refractivity (Wildman–Crippen MR) is 72.3 cm³/mol. The van der Waals surface area contributed by atoms with E-state index >= 15 is 0 Å². The molecule has 0 saturated carbocycles. The van der Waals surface area contributed by atoms with E-state index in [1.807, 2.05) is 0 Å². The molecule has 0 aliphatic carbocycles. The molecule has 0 aromatic heterocycles. The van der Waals surface area contributed by atoms with Crippen LogP contribution < -0.4 is 22.1 Å². The fourth-order valence-electron chi connectivity index (χ4n) is 1.69. The Labute approximate surface area is 117 Å². The number of halogens is 3. The normalized spacial score (nSPS) is 13.4. The molecule has 0 amide bonds. The van der Waals surface area contributed by atoms with Gasteiger partial charge >= 0.3 is 6.18 Å². The molecule has 0 spiro atoms. The van der Waals surface area contributed by atoms with Gasteiger partial charge in [0.05, 0.1) is 6.04 Å². The molecule has 0 saturated heterocycles. The van der Waals surface area contributed by atoms with Crippen LogP contribution in [0.4, 0.5) is 13.2 Å². The summed E-state index contributed by atoms with van der Waals surface area (Å²) in [6.07, 6.45) is -2.80. The molecule has 0 aliphatic rings. The molecule has 0 fully saturated rings. The second-order valence-electron chi connectivity index (χ2n) is 4.55. The van der Waals surface area contributed by atoms with Gasteiger partial charge in [0.1, 0.15) is 0 Å². The SMILES string of the molecule is NCCCNCCCC(NCCCN)C(=O)C(F)(F)F. The Morgan fingerprint density at radius 1 is 1.00 bits per heavy atom. The third kappa shape index (κ3) is 9.24. The van der Waals surface area contributed by atoms with Crippen molar-refractivity contribution in [3.05, 3.63) is 0 Å². The van der Waals surface area contributed by atoms with Crippen molar-refractivity contribution in [1.82, 2.24) is 10.6 Å². The smallest absolute Gasteiger partial charge is 0.330 e. The largest absolute Gasteiger partial charge is 0.451 e. The number of carbonyl (C=O) groups is 1. The van der Waals surface area contributed by atoms with Crippen molar-refractivity contribution in [3.63, 3.8) is 0 Å². The van der Waals surface area contributed by atoms with Crippen LogP contribution in [-0.2, 0) is 4.79 Å². The summed E-state index contributed by atoms with van der Waals surface area (Å²) in [5.41, 5.74) is 10.6. The minimum atomic E-state index is -4.80. The number of rotatable bonds is 12. The predicted octanol–water partition coefficient (Wildman–Crippen LogP) is 0.143. The molecule has 6 N–H and O–H groups in total. The van der Waals surface area contributed by atoms with Crippen molar-refractivity contribution in [2.75, 3.05) is 32.7 Å². The number of nitrogens with one attached hydrogen (secondary N) is 2. The molecule has 0 aromatic carbocycles. The lowest BCUT2D eigenvalue weighted by Crippen LogP contribution is -2.45. The van der Waals surface area contributed by atoms with Gasteiger partial charge in [-0.25, -0.2) is 0 Å². The first-order valence-electron chi connectivity index (χ1n) is 6.88. The monoisotopic (exact) mass is 298 g/mol. The van der Waals surface area contributed by atoms with Crippen LogP contribution in [0.25, 0.3) is 0 Å². The summed E-state index contributed by atoms with van der Waals surface area (Å²) in [6.45, 7) is 2.56. The fraction of sp³-hybridized carbons (Fsp3) is 0.917. The maximum absolute atomic E-state index is 12.4. The number of hydrogen-bond donors (Lipinski definition) is 4. The van der Waals surface area contributed by atoms with Crippen molar-refractivity contribution in [3.8, 4) is 0 Å². The maximum atomic E-state index is 12.4. The highest BCUT2D eigenvalue weighted by Crippen LogP contribution is 2.19. The zero-order valence-electron chi connectivity index (χ0n) is 11.6. The third-order valence-electron chi connectivity index (χ3n) is 2.77. The summed E-state index contributed by atoms with van der Waals surface area (Å²) in [6, 6.07) is -1.18. The lowest BCUT2D eigenvalue weighted by molar-refractivity contribution is -0.173. The van der Waals surface area contributed by atoms with Gasteiger partial charge in [-0.15, -0.1) is 0 Å². The van der Waals surface area contributed by atoms with Crippen LogP contribution >= 0.6 is 0 Å². The van der Waals surface area contributed by atoms with Crippen molar-refractivity contribution in [2.24, 2.45) is 11.5 Å². The average Bonchev–Trinajstić information content (AvgIpc) is 2.39. The van der Waals surface area contributed by atoms with Gasteiger partial charge in [-0.1, -0.05) is 0 Å². The minimum absolute atomic E-state index is 0.151. The number of hydrogen-bond acceptors (Lipinski definition) is 5. The second-order valence-corrected chi connectivity index (χ2v) is 4.55. The lowest BCUT2D eigenvalue weighted by Gasteiger charge is -2.19. The molecule has 0 radical (unpaired) electrons. The summed E-state index contributed by atoms with van der Waals surface area (Å²) in [5, 5.41) is 5.70. The number of alkyl halides is 3. The average molecular weight is 298 g/mol. The highest BCUT2D eigenvalue weighted by molar-refractivity contribution is 5.89. The topological polar surface area (TPSA) is 93.2 Å². The van der Waals surface area contributed by atoms with Crippen molar-refractivity contribution >= 4 is 5.78 Å². The molecule has 8 heteroatoms. The van der Waals surface area contributed by atoms with Crippen LogP contribution in [-0.4, -0.2) is 50.7 Å². The molecule has 5 nitrogen and oxygen atoms in total. The first-order valence-corrected chi connectivity index (χ1v) is 6.88. The van der Waals surface area contributed by atoms with Gasteiger partial charge in [-0.3, -0.25) is 4.79 Å². The molecule has 120 valence electrons. The zero-order chi connectivity index (χ0) is 15.4. The maximum Gasteiger partial charge on any atom is 0.451 e. The van der Waals surface area contributed by atoms with E-state index in [-0.39, 0.29) is 6.42 Å². The molecular formula is C12H25F3N4O. The minimum Gasteiger partial charge on any atom is -0.330 e. The summed E-state index contributed by atoms with van der Waals surface area (Å²) in [7, 11) is 0. The summed E-state index contributed by atoms with van der Waals surface area (Å²) < 4.78 is 37.3. The standard InChI is InChI=1S/C12H25F3N4O/c13-12(14,15)11(20)10(19-9-3-6-17)4-1-7-18-8-2-5-16/h10,18-19H,1-9,16-17H2. The summed E-state index contributed by atoms with van der Waals surface area (Å²) >= 11 is 0. The van der Waals surface area contributed by atoms with Crippen LogP contribution in [0.15, 0.2) is 0 Å². The first kappa shape index (κ1) is 19.3. The number of ketones is 1. The quantitative estimate of drug-likeness (QED) is 0.385. The number of carbonyl (C=O) groups excluding carboxylic acids is 1. The second kappa shape index (κ2) is 11.0. The molecule has 0 aliphatic heterocycles. The number of nitrogens with two attached hydrogens (primary N) is 2.